The fourth-order valence-electron chi connectivity index (χ4n) is 1.85. The largest absolute Gasteiger partial charge is 0.350 e. The second kappa shape index (κ2) is 7.46. The number of halogens is 2. The Morgan fingerprint density at radius 3 is 2.30 bits per heavy atom. The van der Waals surface area contributed by atoms with Gasteiger partial charge in [-0.05, 0) is 18.4 Å². The normalized spacial score (nSPS) is 10.6. The first-order chi connectivity index (χ1) is 9.70. The Morgan fingerprint density at radius 1 is 1.05 bits per heavy atom. The average molecular weight is 310 g/mol. The third kappa shape index (κ3) is 4.09. The maximum absolute atomic E-state index is 6.18. The molecule has 0 fully saturated rings. The molecule has 0 bridgehead atoms. The molecular formula is C15H17Cl2N3. The lowest BCUT2D eigenvalue weighted by atomic mass is 10.1. The number of unbranched alkanes of at least 4 members (excludes halogenated alkanes) is 1. The van der Waals surface area contributed by atoms with Crippen molar-refractivity contribution in [2.75, 3.05) is 5.32 Å². The van der Waals surface area contributed by atoms with Crippen molar-refractivity contribution in [2.45, 2.75) is 32.7 Å². The molecule has 1 aromatic carbocycles. The van der Waals surface area contributed by atoms with Crippen molar-refractivity contribution in [3.05, 3.63) is 51.8 Å². The van der Waals surface area contributed by atoms with E-state index in [1.807, 2.05) is 30.3 Å². The van der Waals surface area contributed by atoms with E-state index in [1.54, 1.807) is 0 Å². The van der Waals surface area contributed by atoms with Crippen molar-refractivity contribution in [1.29, 1.82) is 0 Å². The number of nitrogens with zero attached hydrogens (tertiary/aromatic N) is 2. The molecular weight excluding hydrogens is 293 g/mol. The zero-order valence-corrected chi connectivity index (χ0v) is 12.9. The van der Waals surface area contributed by atoms with Crippen molar-refractivity contribution >= 4 is 29.2 Å². The lowest BCUT2D eigenvalue weighted by Gasteiger charge is -2.09. The summed E-state index contributed by atoms with van der Waals surface area (Å²) < 4.78 is 0. The molecule has 0 aliphatic heterocycles. The predicted octanol–water partition coefficient (Wildman–Crippen LogP) is 4.74. The van der Waals surface area contributed by atoms with Crippen molar-refractivity contribution < 1.29 is 0 Å². The average Bonchev–Trinajstić information content (AvgIpc) is 2.45. The van der Waals surface area contributed by atoms with Crippen LogP contribution in [0.5, 0.6) is 0 Å². The summed E-state index contributed by atoms with van der Waals surface area (Å²) in [5.74, 6) is 0.462. The minimum Gasteiger partial charge on any atom is -0.350 e. The molecule has 5 heteroatoms. The van der Waals surface area contributed by atoms with E-state index >= 15 is 0 Å². The second-order valence-corrected chi connectivity index (χ2v) is 5.27. The van der Waals surface area contributed by atoms with Crippen molar-refractivity contribution in [2.24, 2.45) is 0 Å². The Morgan fingerprint density at radius 2 is 1.70 bits per heavy atom. The second-order valence-electron chi connectivity index (χ2n) is 4.55. The number of nitrogens with one attached hydrogen (secondary N) is 1. The van der Waals surface area contributed by atoms with Crippen LogP contribution in [0.15, 0.2) is 30.3 Å². The van der Waals surface area contributed by atoms with Gasteiger partial charge in [0.25, 0.3) is 0 Å². The van der Waals surface area contributed by atoms with Crippen LogP contribution in [0.1, 0.15) is 30.9 Å². The van der Waals surface area contributed by atoms with Crippen LogP contribution in [0.4, 0.5) is 5.95 Å². The van der Waals surface area contributed by atoms with Gasteiger partial charge in [0.2, 0.25) is 5.95 Å². The van der Waals surface area contributed by atoms with Crippen LogP contribution >= 0.6 is 23.2 Å². The van der Waals surface area contributed by atoms with Crippen LogP contribution in [0.3, 0.4) is 0 Å². The molecule has 0 aliphatic carbocycles. The van der Waals surface area contributed by atoms with Gasteiger partial charge in [0, 0.05) is 12.1 Å². The lowest BCUT2D eigenvalue weighted by Crippen LogP contribution is -2.05. The lowest BCUT2D eigenvalue weighted by molar-refractivity contribution is 0.788. The van der Waals surface area contributed by atoms with Gasteiger partial charge >= 0.3 is 0 Å². The number of hydrogen-bond acceptors (Lipinski definition) is 3. The van der Waals surface area contributed by atoms with Crippen LogP contribution in [0, 0.1) is 0 Å². The van der Waals surface area contributed by atoms with Crippen LogP contribution < -0.4 is 5.32 Å². The summed E-state index contributed by atoms with van der Waals surface area (Å²) in [4.78, 5) is 8.52. The Bertz CT molecular complexity index is 535. The topological polar surface area (TPSA) is 37.8 Å². The number of aromatic nitrogens is 2. The molecule has 1 N–H and O–H groups in total. The molecule has 106 valence electrons. The molecule has 0 atom stereocenters. The van der Waals surface area contributed by atoms with E-state index in [0.717, 1.165) is 30.4 Å². The highest BCUT2D eigenvalue weighted by Gasteiger charge is 2.11. The van der Waals surface area contributed by atoms with Crippen molar-refractivity contribution in [3.63, 3.8) is 0 Å². The summed E-state index contributed by atoms with van der Waals surface area (Å²) in [6.07, 6.45) is 2.92. The van der Waals surface area contributed by atoms with E-state index in [0.29, 0.717) is 22.8 Å². The molecule has 0 saturated heterocycles. The van der Waals surface area contributed by atoms with Gasteiger partial charge in [-0.2, -0.15) is 0 Å². The minimum atomic E-state index is 0.439. The number of hydrogen-bond donors (Lipinski definition) is 1. The van der Waals surface area contributed by atoms with E-state index < -0.39 is 0 Å². The summed E-state index contributed by atoms with van der Waals surface area (Å²) in [5, 5.41) is 4.01. The van der Waals surface area contributed by atoms with E-state index in [-0.39, 0.29) is 0 Å². The van der Waals surface area contributed by atoms with E-state index in [2.05, 4.69) is 22.2 Å². The van der Waals surface area contributed by atoms with Gasteiger partial charge in [0.1, 0.15) is 10.3 Å². The number of rotatable bonds is 6. The number of anilines is 1. The summed E-state index contributed by atoms with van der Waals surface area (Å²) >= 11 is 12.4. The van der Waals surface area contributed by atoms with Crippen molar-refractivity contribution in [1.82, 2.24) is 9.97 Å². The molecule has 1 aromatic heterocycles. The number of benzene rings is 1. The maximum Gasteiger partial charge on any atom is 0.225 e. The summed E-state index contributed by atoms with van der Waals surface area (Å²) in [6.45, 7) is 2.76. The molecule has 2 rings (SSSR count). The summed E-state index contributed by atoms with van der Waals surface area (Å²) in [5.41, 5.74) is 1.99. The van der Waals surface area contributed by atoms with Crippen LogP contribution in [-0.4, -0.2) is 9.97 Å². The first-order valence-electron chi connectivity index (χ1n) is 6.70. The van der Waals surface area contributed by atoms with Gasteiger partial charge in [-0.3, -0.25) is 0 Å². The molecule has 0 spiro atoms. The third-order valence-corrected chi connectivity index (χ3v) is 3.61. The fourth-order valence-corrected chi connectivity index (χ4v) is 2.42. The highest BCUT2D eigenvalue weighted by molar-refractivity contribution is 6.34. The monoisotopic (exact) mass is 309 g/mol. The molecule has 0 radical (unpaired) electrons. The van der Waals surface area contributed by atoms with E-state index in [9.17, 15) is 0 Å². The molecule has 0 aliphatic rings. The summed E-state index contributed by atoms with van der Waals surface area (Å²) in [6, 6.07) is 10.0. The van der Waals surface area contributed by atoms with E-state index in [1.165, 1.54) is 0 Å². The Kier molecular flexibility index (Phi) is 5.62. The molecule has 3 nitrogen and oxygen atoms in total. The van der Waals surface area contributed by atoms with Crippen LogP contribution in [0.25, 0.3) is 0 Å². The molecule has 1 heterocycles. The first-order valence-corrected chi connectivity index (χ1v) is 7.46. The quantitative estimate of drug-likeness (QED) is 0.783. The summed E-state index contributed by atoms with van der Waals surface area (Å²) in [7, 11) is 0. The van der Waals surface area contributed by atoms with Gasteiger partial charge in [0.15, 0.2) is 0 Å². The smallest absolute Gasteiger partial charge is 0.225 e. The Labute approximate surface area is 129 Å². The zero-order valence-electron chi connectivity index (χ0n) is 11.4. The Balaban J connectivity index is 2.06. The highest BCUT2D eigenvalue weighted by atomic mass is 35.5. The fraction of sp³-hybridized carbons (Fsp3) is 0.333. The van der Waals surface area contributed by atoms with E-state index in [4.69, 9.17) is 23.2 Å². The standard InChI is InChI=1S/C15H17Cl2N3/c1-2-3-9-12-13(16)19-15(20-14(12)17)18-10-11-7-5-4-6-8-11/h4-8H,2-3,9-10H2,1H3,(H,18,19,20). The zero-order chi connectivity index (χ0) is 14.4. The molecule has 0 saturated carbocycles. The van der Waals surface area contributed by atoms with Gasteiger partial charge in [0.05, 0.1) is 0 Å². The minimum absolute atomic E-state index is 0.439. The molecule has 20 heavy (non-hydrogen) atoms. The van der Waals surface area contributed by atoms with Gasteiger partial charge < -0.3 is 5.32 Å². The Hall–Kier alpha value is -1.32. The first kappa shape index (κ1) is 15.1. The maximum atomic E-state index is 6.18. The van der Waals surface area contributed by atoms with Crippen molar-refractivity contribution in [3.8, 4) is 0 Å². The molecule has 0 amide bonds. The van der Waals surface area contributed by atoms with Gasteiger partial charge in [-0.1, -0.05) is 66.9 Å². The van der Waals surface area contributed by atoms with Crippen LogP contribution in [-0.2, 0) is 13.0 Å². The van der Waals surface area contributed by atoms with Gasteiger partial charge in [-0.15, -0.1) is 0 Å². The SMILES string of the molecule is CCCCc1c(Cl)nc(NCc2ccccc2)nc1Cl. The molecule has 2 aromatic rings. The predicted molar refractivity (Wildman–Crippen MR) is 84.4 cm³/mol. The van der Waals surface area contributed by atoms with Gasteiger partial charge in [-0.25, -0.2) is 9.97 Å². The third-order valence-electron chi connectivity index (χ3n) is 2.98. The molecule has 0 unspecified atom stereocenters. The highest BCUT2D eigenvalue weighted by Crippen LogP contribution is 2.24. The van der Waals surface area contributed by atoms with Crippen LogP contribution in [0.2, 0.25) is 10.3 Å².